The van der Waals surface area contributed by atoms with Crippen molar-refractivity contribution < 1.29 is 73.7 Å². The summed E-state index contributed by atoms with van der Waals surface area (Å²) < 4.78 is 34.7. The molecule has 0 saturated carbocycles. The lowest BCUT2D eigenvalue weighted by Crippen LogP contribution is -2.66. The van der Waals surface area contributed by atoms with Crippen molar-refractivity contribution in [1.82, 2.24) is 0 Å². The van der Waals surface area contributed by atoms with Crippen molar-refractivity contribution in [2.75, 3.05) is 27.4 Å². The summed E-state index contributed by atoms with van der Waals surface area (Å²) in [7, 11) is 2.52. The maximum atomic E-state index is 13.5. The van der Waals surface area contributed by atoms with Gasteiger partial charge in [0.2, 0.25) is 0 Å². The molecule has 16 heteroatoms. The number of carbonyl (C=O) groups is 1. The van der Waals surface area contributed by atoms with Gasteiger partial charge in [0.1, 0.15) is 83.0 Å². The van der Waals surface area contributed by atoms with Crippen molar-refractivity contribution in [3.05, 3.63) is 88.1 Å². The molecule has 10 atom stereocenters. The van der Waals surface area contributed by atoms with Gasteiger partial charge >= 0.3 is 5.97 Å². The Bertz CT molecular complexity index is 2030. The van der Waals surface area contributed by atoms with Crippen LogP contribution in [0.5, 0.6) is 23.0 Å². The molecule has 0 amide bonds. The van der Waals surface area contributed by atoms with Gasteiger partial charge in [0.05, 0.1) is 37.6 Å². The van der Waals surface area contributed by atoms with Gasteiger partial charge in [-0.05, 0) is 48.0 Å². The SMILES string of the molecule is COc1cc2oc(-c3ccc(O)cc3)cc(=O)c2c(O)c1C1OC(CO)C(O)C(C2OC(COC(=O)C=Cc3ccc(O)cc3)C(O)C(O)C2O)C1OC. The Balaban J connectivity index is 1.32. The number of ether oxygens (including phenoxy) is 5. The molecule has 3 heterocycles. The van der Waals surface area contributed by atoms with Gasteiger partial charge in [-0.15, -0.1) is 0 Å². The lowest BCUT2D eigenvalue weighted by molar-refractivity contribution is -0.292. The van der Waals surface area contributed by atoms with Gasteiger partial charge in [-0.1, -0.05) is 12.1 Å². The summed E-state index contributed by atoms with van der Waals surface area (Å²) in [4.78, 5) is 26.0. The molecule has 16 nitrogen and oxygen atoms in total. The minimum Gasteiger partial charge on any atom is -0.508 e. The number of phenols is 3. The highest BCUT2D eigenvalue weighted by Gasteiger charge is 2.56. The van der Waals surface area contributed by atoms with Crippen molar-refractivity contribution in [2.45, 2.75) is 54.9 Å². The van der Waals surface area contributed by atoms with E-state index in [4.69, 9.17) is 28.1 Å². The predicted molar refractivity (Wildman–Crippen MR) is 188 cm³/mol. The number of rotatable bonds is 10. The molecule has 2 aliphatic rings. The normalized spacial score (nSPS) is 28.6. The number of benzene rings is 3. The Labute approximate surface area is 307 Å². The van der Waals surface area contributed by atoms with E-state index < -0.39 is 91.2 Å². The topological polar surface area (TPSA) is 255 Å². The zero-order valence-electron chi connectivity index (χ0n) is 29.0. The summed E-state index contributed by atoms with van der Waals surface area (Å²) in [5, 5.41) is 85.3. The van der Waals surface area contributed by atoms with Gasteiger partial charge in [0.15, 0.2) is 5.43 Å². The van der Waals surface area contributed by atoms with Gasteiger partial charge in [-0.2, -0.15) is 0 Å². The van der Waals surface area contributed by atoms with Crippen LogP contribution in [0.15, 0.2) is 76.0 Å². The third-order valence-corrected chi connectivity index (χ3v) is 9.70. The van der Waals surface area contributed by atoms with Crippen LogP contribution in [0.2, 0.25) is 0 Å². The molecule has 6 rings (SSSR count). The molecule has 0 spiro atoms. The van der Waals surface area contributed by atoms with Crippen LogP contribution < -0.4 is 10.2 Å². The predicted octanol–water partition coefficient (Wildman–Crippen LogP) is 1.12. The number of fused-ring (bicyclic) bond motifs is 1. The van der Waals surface area contributed by atoms with Crippen molar-refractivity contribution in [2.24, 2.45) is 5.92 Å². The summed E-state index contributed by atoms with van der Waals surface area (Å²) in [5.74, 6) is -2.69. The molecule has 54 heavy (non-hydrogen) atoms. The molecule has 8 N–H and O–H groups in total. The van der Waals surface area contributed by atoms with E-state index >= 15 is 0 Å². The second-order valence-electron chi connectivity index (χ2n) is 12.9. The number of aliphatic hydroxyl groups is 5. The van der Waals surface area contributed by atoms with Crippen LogP contribution in [-0.2, 0) is 23.7 Å². The number of methoxy groups -OCH3 is 2. The first-order valence-corrected chi connectivity index (χ1v) is 16.8. The Kier molecular flexibility index (Phi) is 11.6. The lowest BCUT2D eigenvalue weighted by atomic mass is 9.75. The van der Waals surface area contributed by atoms with Crippen LogP contribution in [0.4, 0.5) is 0 Å². The zero-order chi connectivity index (χ0) is 38.8. The van der Waals surface area contributed by atoms with Crippen LogP contribution in [-0.4, -0.2) is 123 Å². The summed E-state index contributed by atoms with van der Waals surface area (Å²) >= 11 is 0. The fourth-order valence-corrected chi connectivity index (χ4v) is 6.94. The van der Waals surface area contributed by atoms with Crippen LogP contribution in [0.3, 0.4) is 0 Å². The van der Waals surface area contributed by atoms with Gasteiger partial charge in [0, 0.05) is 36.8 Å². The third-order valence-electron chi connectivity index (χ3n) is 9.70. The molecule has 0 bridgehead atoms. The maximum absolute atomic E-state index is 13.5. The molecule has 2 aliphatic heterocycles. The van der Waals surface area contributed by atoms with E-state index in [1.54, 1.807) is 12.1 Å². The van der Waals surface area contributed by atoms with Crippen LogP contribution in [0.25, 0.3) is 28.4 Å². The van der Waals surface area contributed by atoms with Crippen LogP contribution >= 0.6 is 0 Å². The number of phenolic OH excluding ortho intramolecular Hbond substituents is 3. The number of esters is 1. The molecule has 1 aromatic heterocycles. The third kappa shape index (κ3) is 7.51. The highest BCUT2D eigenvalue weighted by molar-refractivity contribution is 5.88. The summed E-state index contributed by atoms with van der Waals surface area (Å²) in [6.45, 7) is -1.37. The minimum absolute atomic E-state index is 0.00187. The first-order valence-electron chi connectivity index (χ1n) is 16.8. The smallest absolute Gasteiger partial charge is 0.330 e. The minimum atomic E-state index is -1.87. The lowest BCUT2D eigenvalue weighted by Gasteiger charge is -2.51. The van der Waals surface area contributed by atoms with Gasteiger partial charge in [-0.3, -0.25) is 4.79 Å². The number of aromatic hydroxyl groups is 3. The highest BCUT2D eigenvalue weighted by Crippen LogP contribution is 2.49. The van der Waals surface area contributed by atoms with Gasteiger partial charge in [-0.25, -0.2) is 4.79 Å². The second-order valence-corrected chi connectivity index (χ2v) is 12.9. The first kappa shape index (κ1) is 38.7. The fourth-order valence-electron chi connectivity index (χ4n) is 6.94. The largest absolute Gasteiger partial charge is 0.508 e. The summed E-state index contributed by atoms with van der Waals surface area (Å²) in [5.41, 5.74) is 0.192. The summed E-state index contributed by atoms with van der Waals surface area (Å²) in [6, 6.07) is 14.4. The van der Waals surface area contributed by atoms with Crippen LogP contribution in [0, 0.1) is 5.92 Å². The monoisotopic (exact) mass is 752 g/mol. The average Bonchev–Trinajstić information content (AvgIpc) is 3.16. The van der Waals surface area contributed by atoms with E-state index in [-0.39, 0.29) is 39.5 Å². The van der Waals surface area contributed by atoms with Crippen molar-refractivity contribution in [3.63, 3.8) is 0 Å². The molecule has 0 aliphatic carbocycles. The Morgan fingerprint density at radius 2 is 1.50 bits per heavy atom. The standard InChI is InChI=1S/C38H40O16/c1-49-23-14-24-28(21(42)13-22(52-24)18-6-10-20(41)11-7-18)33(46)29(23)38-37(50-2)30(31(44)25(15-39)53-38)36-35(48)34(47)32(45)26(54-36)16-51-27(43)12-5-17-3-8-19(40)9-4-17/h3-14,25-26,30-32,34-41,44-48H,15-16H2,1-2H3. The highest BCUT2D eigenvalue weighted by atomic mass is 16.6. The second kappa shape index (κ2) is 16.1. The van der Waals surface area contributed by atoms with Crippen molar-refractivity contribution >= 4 is 23.0 Å². The van der Waals surface area contributed by atoms with E-state index in [2.05, 4.69) is 0 Å². The number of hydrogen-bond acceptors (Lipinski definition) is 16. The molecule has 4 aromatic rings. The maximum Gasteiger partial charge on any atom is 0.330 e. The van der Waals surface area contributed by atoms with E-state index in [0.717, 1.165) is 12.1 Å². The van der Waals surface area contributed by atoms with E-state index in [1.165, 1.54) is 62.8 Å². The molecule has 10 unspecified atom stereocenters. The van der Waals surface area contributed by atoms with Gasteiger partial charge in [0.25, 0.3) is 0 Å². The zero-order valence-corrected chi connectivity index (χ0v) is 29.0. The van der Waals surface area contributed by atoms with Crippen molar-refractivity contribution in [1.29, 1.82) is 0 Å². The van der Waals surface area contributed by atoms with Crippen LogP contribution in [0.1, 0.15) is 17.2 Å². The molecular formula is C38H40O16. The van der Waals surface area contributed by atoms with E-state index in [1.807, 2.05) is 0 Å². The number of aliphatic hydroxyl groups excluding tert-OH is 5. The Morgan fingerprint density at radius 1 is 0.833 bits per heavy atom. The number of hydrogen-bond donors (Lipinski definition) is 8. The molecule has 288 valence electrons. The van der Waals surface area contributed by atoms with E-state index in [0.29, 0.717) is 11.1 Å². The average molecular weight is 753 g/mol. The summed E-state index contributed by atoms with van der Waals surface area (Å²) in [6.07, 6.45) is -11.7. The Hall–Kier alpha value is -5.04. The van der Waals surface area contributed by atoms with Crippen molar-refractivity contribution in [3.8, 4) is 34.3 Å². The van der Waals surface area contributed by atoms with E-state index in [9.17, 15) is 50.4 Å². The quantitative estimate of drug-likeness (QED) is 0.0834. The molecule has 2 saturated heterocycles. The fraction of sp³-hybridized carbons (Fsp3) is 0.368. The number of carbonyl (C=O) groups excluding carboxylic acids is 1. The Morgan fingerprint density at radius 3 is 2.13 bits per heavy atom. The molecule has 0 radical (unpaired) electrons. The molecule has 3 aromatic carbocycles. The molecule has 2 fully saturated rings. The molecular weight excluding hydrogens is 712 g/mol. The first-order chi connectivity index (χ1) is 25.9. The van der Waals surface area contributed by atoms with Gasteiger partial charge < -0.3 is 69.0 Å².